The molecular weight excluding hydrogens is 492 g/mol. The molecule has 4 aliphatic carbocycles. The first-order chi connectivity index (χ1) is 17.6. The number of fused-ring (bicyclic) bond motifs is 6. The second-order valence-corrected chi connectivity index (χ2v) is 14.0. The van der Waals surface area contributed by atoms with Gasteiger partial charge in [-0.2, -0.15) is 11.8 Å². The van der Waals surface area contributed by atoms with Gasteiger partial charge in [0.1, 0.15) is 6.54 Å². The molecule has 1 heterocycles. The van der Waals surface area contributed by atoms with Crippen molar-refractivity contribution in [2.45, 2.75) is 83.8 Å². The molecule has 2 aromatic rings. The highest BCUT2D eigenvalue weighted by atomic mass is 32.2. The average molecular weight is 532 g/mol. The van der Waals surface area contributed by atoms with Crippen LogP contribution in [0.4, 0.5) is 8.78 Å². The Hall–Kier alpha value is -1.54. The maximum absolute atomic E-state index is 14.1. The first kappa shape index (κ1) is 25.7. The minimum Gasteiger partial charge on any atom is -0.390 e. The van der Waals surface area contributed by atoms with Crippen LogP contribution >= 0.6 is 11.8 Å². The Morgan fingerprint density at radius 1 is 1.11 bits per heavy atom. The summed E-state index contributed by atoms with van der Waals surface area (Å²) in [4.78, 5) is 13.7. The van der Waals surface area contributed by atoms with Crippen molar-refractivity contribution in [1.29, 1.82) is 0 Å². The molecule has 0 radical (unpaired) electrons. The standard InChI is InChI=1S/C29H39F2N3O2S/c1-27(36)12-13-29(16-37-3)17(14-27)4-5-18-19-6-7-21(28(19,2)11-10-20(18)29)24(35)15-34-23-9-8-22(30)25(31)26(23)32-33-34/h8-9,17-21,36H,4-7,10-16H2,1-3H3/t17?,18-,19-,20-,21+,27+,28-,29+/m0/s1. The van der Waals surface area contributed by atoms with Crippen molar-refractivity contribution in [2.24, 2.45) is 40.4 Å². The Morgan fingerprint density at radius 3 is 2.70 bits per heavy atom. The summed E-state index contributed by atoms with van der Waals surface area (Å²) in [5.41, 5.74) is -0.00692. The molecule has 8 atom stereocenters. The third kappa shape index (κ3) is 3.90. The van der Waals surface area contributed by atoms with E-state index in [1.54, 1.807) is 0 Å². The summed E-state index contributed by atoms with van der Waals surface area (Å²) >= 11 is 1.97. The topological polar surface area (TPSA) is 68.0 Å². The summed E-state index contributed by atoms with van der Waals surface area (Å²) < 4.78 is 29.2. The highest BCUT2D eigenvalue weighted by Crippen LogP contribution is 2.68. The van der Waals surface area contributed by atoms with Crippen molar-refractivity contribution in [3.05, 3.63) is 23.8 Å². The van der Waals surface area contributed by atoms with E-state index in [0.717, 1.165) is 51.0 Å². The van der Waals surface area contributed by atoms with Crippen molar-refractivity contribution in [3.8, 4) is 0 Å². The fourth-order valence-electron chi connectivity index (χ4n) is 9.67. The zero-order valence-corrected chi connectivity index (χ0v) is 23.0. The fourth-order valence-corrected chi connectivity index (χ4v) is 10.8. The molecule has 0 saturated heterocycles. The minimum absolute atomic E-state index is 0.0282. The summed E-state index contributed by atoms with van der Waals surface area (Å²) in [6.07, 6.45) is 11.8. The number of rotatable bonds is 5. The molecule has 202 valence electrons. The van der Waals surface area contributed by atoms with Crippen molar-refractivity contribution < 1.29 is 18.7 Å². The van der Waals surface area contributed by atoms with Gasteiger partial charge in [0.15, 0.2) is 22.9 Å². The molecule has 4 fully saturated rings. The molecule has 0 bridgehead atoms. The normalized spacial score (nSPS) is 41.3. The van der Waals surface area contributed by atoms with Gasteiger partial charge in [-0.1, -0.05) is 12.1 Å². The summed E-state index contributed by atoms with van der Waals surface area (Å²) in [5.74, 6) is 1.78. The third-order valence-electron chi connectivity index (χ3n) is 11.3. The second-order valence-electron chi connectivity index (χ2n) is 13.1. The summed E-state index contributed by atoms with van der Waals surface area (Å²) in [5, 5.41) is 18.7. The molecule has 1 aromatic carbocycles. The lowest BCUT2D eigenvalue weighted by Gasteiger charge is -2.62. The molecule has 5 nitrogen and oxygen atoms in total. The lowest BCUT2D eigenvalue weighted by atomic mass is 9.44. The van der Waals surface area contributed by atoms with E-state index in [1.165, 1.54) is 29.3 Å². The average Bonchev–Trinajstić information content (AvgIpc) is 3.42. The number of thioether (sulfide) groups is 1. The van der Waals surface area contributed by atoms with E-state index in [4.69, 9.17) is 0 Å². The Kier molecular flexibility index (Phi) is 6.26. The van der Waals surface area contributed by atoms with E-state index in [1.807, 2.05) is 18.7 Å². The molecule has 1 N–H and O–H groups in total. The number of carbonyl (C=O) groups is 1. The number of aliphatic hydroxyl groups is 1. The van der Waals surface area contributed by atoms with Crippen LogP contribution in [0.2, 0.25) is 0 Å². The van der Waals surface area contributed by atoms with Crippen molar-refractivity contribution >= 4 is 28.6 Å². The molecule has 37 heavy (non-hydrogen) atoms. The van der Waals surface area contributed by atoms with Crippen LogP contribution in [-0.4, -0.2) is 43.5 Å². The maximum atomic E-state index is 14.1. The van der Waals surface area contributed by atoms with Crippen molar-refractivity contribution in [3.63, 3.8) is 0 Å². The number of ketones is 1. The minimum atomic E-state index is -1.01. The Labute approximate surface area is 222 Å². The molecule has 0 aliphatic heterocycles. The first-order valence-electron chi connectivity index (χ1n) is 14.0. The zero-order chi connectivity index (χ0) is 26.2. The maximum Gasteiger partial charge on any atom is 0.188 e. The van der Waals surface area contributed by atoms with Crippen LogP contribution in [0.1, 0.15) is 71.6 Å². The molecule has 8 heteroatoms. The lowest BCUT2D eigenvalue weighted by Crippen LogP contribution is -2.58. The van der Waals surface area contributed by atoms with Crippen LogP contribution in [0.5, 0.6) is 0 Å². The Balaban J connectivity index is 1.24. The van der Waals surface area contributed by atoms with Gasteiger partial charge in [-0.05, 0) is 123 Å². The van der Waals surface area contributed by atoms with E-state index in [2.05, 4.69) is 23.5 Å². The number of hydrogen-bond donors (Lipinski definition) is 1. The molecule has 4 saturated carbocycles. The van der Waals surface area contributed by atoms with Gasteiger partial charge in [-0.3, -0.25) is 4.79 Å². The van der Waals surface area contributed by atoms with E-state index < -0.39 is 17.2 Å². The lowest BCUT2D eigenvalue weighted by molar-refractivity contribution is -0.149. The predicted molar refractivity (Wildman–Crippen MR) is 141 cm³/mol. The summed E-state index contributed by atoms with van der Waals surface area (Å²) in [7, 11) is 0. The zero-order valence-electron chi connectivity index (χ0n) is 22.2. The third-order valence-corrected chi connectivity index (χ3v) is 12.2. The fraction of sp³-hybridized carbons (Fsp3) is 0.759. The SMILES string of the molecule is CSC[C@]12CC[C@@](C)(O)CC1CC[C@@H]1[C@@H]2CC[C@]2(C)[C@@H](C(=O)Cn3nnc4c(F)c(F)ccc43)CC[C@@H]12. The first-order valence-corrected chi connectivity index (χ1v) is 15.4. The molecule has 4 aliphatic rings. The Morgan fingerprint density at radius 2 is 1.92 bits per heavy atom. The van der Waals surface area contributed by atoms with Gasteiger partial charge in [-0.15, -0.1) is 5.10 Å². The molecule has 6 rings (SSSR count). The molecule has 1 aromatic heterocycles. The molecule has 0 amide bonds. The van der Waals surface area contributed by atoms with Crippen LogP contribution < -0.4 is 0 Å². The number of carbonyl (C=O) groups excluding carboxylic acids is 1. The number of benzene rings is 1. The number of hydrogen-bond acceptors (Lipinski definition) is 5. The summed E-state index contributed by atoms with van der Waals surface area (Å²) in [6, 6.07) is 2.53. The van der Waals surface area contributed by atoms with E-state index in [-0.39, 0.29) is 29.2 Å². The van der Waals surface area contributed by atoms with Crippen molar-refractivity contribution in [2.75, 3.05) is 12.0 Å². The van der Waals surface area contributed by atoms with E-state index >= 15 is 0 Å². The van der Waals surface area contributed by atoms with Crippen LogP contribution in [0, 0.1) is 52.1 Å². The molecule has 0 spiro atoms. The van der Waals surface area contributed by atoms with Crippen LogP contribution in [-0.2, 0) is 11.3 Å². The monoisotopic (exact) mass is 531 g/mol. The number of Topliss-reactive ketones (excluding diaryl/α,β-unsaturated/α-hetero) is 1. The molecule has 1 unspecified atom stereocenters. The molecular formula is C29H39F2N3O2S. The van der Waals surface area contributed by atoms with Gasteiger partial charge in [0.2, 0.25) is 0 Å². The van der Waals surface area contributed by atoms with Crippen LogP contribution in [0.25, 0.3) is 11.0 Å². The van der Waals surface area contributed by atoms with Crippen LogP contribution in [0.3, 0.4) is 0 Å². The Bertz CT molecular complexity index is 1220. The predicted octanol–water partition coefficient (Wildman–Crippen LogP) is 6.03. The van der Waals surface area contributed by atoms with Gasteiger partial charge in [0, 0.05) is 5.92 Å². The number of nitrogens with zero attached hydrogens (tertiary/aromatic N) is 3. The van der Waals surface area contributed by atoms with Crippen LogP contribution in [0.15, 0.2) is 12.1 Å². The number of aromatic nitrogens is 3. The van der Waals surface area contributed by atoms with Crippen molar-refractivity contribution in [1.82, 2.24) is 15.0 Å². The quantitative estimate of drug-likeness (QED) is 0.510. The van der Waals surface area contributed by atoms with Gasteiger partial charge in [0.25, 0.3) is 0 Å². The smallest absolute Gasteiger partial charge is 0.188 e. The highest BCUT2D eigenvalue weighted by Gasteiger charge is 2.62. The van der Waals surface area contributed by atoms with E-state index in [9.17, 15) is 18.7 Å². The summed E-state index contributed by atoms with van der Waals surface area (Å²) in [6.45, 7) is 4.42. The van der Waals surface area contributed by atoms with Gasteiger partial charge < -0.3 is 5.11 Å². The second kappa shape index (κ2) is 9.00. The van der Waals surface area contributed by atoms with Gasteiger partial charge >= 0.3 is 0 Å². The highest BCUT2D eigenvalue weighted by molar-refractivity contribution is 7.98. The van der Waals surface area contributed by atoms with Gasteiger partial charge in [0.05, 0.1) is 11.1 Å². The van der Waals surface area contributed by atoms with Gasteiger partial charge in [-0.25, -0.2) is 13.5 Å². The van der Waals surface area contributed by atoms with E-state index in [0.29, 0.717) is 34.6 Å². The largest absolute Gasteiger partial charge is 0.390 e. The number of halogens is 2.